The van der Waals surface area contributed by atoms with Gasteiger partial charge in [0, 0.05) is 38.9 Å². The Balaban J connectivity index is 2.39. The van der Waals surface area contributed by atoms with Crippen molar-refractivity contribution in [1.29, 1.82) is 0 Å². The highest BCUT2D eigenvalue weighted by Gasteiger charge is 2.17. The molecule has 0 saturated heterocycles. The van der Waals surface area contributed by atoms with Crippen molar-refractivity contribution in [3.63, 3.8) is 0 Å². The van der Waals surface area contributed by atoms with Crippen molar-refractivity contribution in [2.45, 2.75) is 33.2 Å². The summed E-state index contributed by atoms with van der Waals surface area (Å²) in [5, 5.41) is 7.45. The van der Waals surface area contributed by atoms with Crippen molar-refractivity contribution in [3.05, 3.63) is 17.5 Å². The summed E-state index contributed by atoms with van der Waals surface area (Å²) >= 11 is 0. The van der Waals surface area contributed by atoms with Crippen LogP contribution in [0.25, 0.3) is 0 Å². The van der Waals surface area contributed by atoms with Crippen LogP contribution in [0.15, 0.2) is 6.20 Å². The molecule has 2 N–H and O–H groups in total. The number of aryl methyl sites for hydroxylation is 2. The number of hydrogen-bond acceptors (Lipinski definition) is 4. The number of aromatic nitrogens is 2. The maximum Gasteiger partial charge on any atom is 0.279 e. The van der Waals surface area contributed by atoms with Gasteiger partial charge in [-0.05, 0) is 32.9 Å². The predicted molar refractivity (Wildman–Crippen MR) is 84.1 cm³/mol. The molecule has 0 bridgehead atoms. The van der Waals surface area contributed by atoms with Gasteiger partial charge in [-0.2, -0.15) is 22.5 Å². The minimum atomic E-state index is -3.44. The number of nitrogens with zero attached hydrogens (tertiary/aromatic N) is 3. The molecule has 0 fully saturated rings. The van der Waals surface area contributed by atoms with Crippen LogP contribution < -0.4 is 10.0 Å². The molecule has 0 atom stereocenters. The second-order valence-corrected chi connectivity index (χ2v) is 7.03. The first-order valence-corrected chi connectivity index (χ1v) is 8.71. The van der Waals surface area contributed by atoms with Crippen LogP contribution in [0, 0.1) is 6.92 Å². The zero-order valence-electron chi connectivity index (χ0n) is 13.4. The molecule has 0 radical (unpaired) electrons. The van der Waals surface area contributed by atoms with Crippen molar-refractivity contribution in [1.82, 2.24) is 24.1 Å². The molecule has 0 saturated carbocycles. The van der Waals surface area contributed by atoms with Crippen LogP contribution in [-0.4, -0.2) is 49.2 Å². The molecule has 0 aliphatic carbocycles. The Kier molecular flexibility index (Phi) is 7.30. The van der Waals surface area contributed by atoms with Gasteiger partial charge < -0.3 is 5.32 Å². The average Bonchev–Trinajstić information content (AvgIpc) is 2.74. The summed E-state index contributed by atoms with van der Waals surface area (Å²) in [4.78, 5) is 0. The van der Waals surface area contributed by atoms with Crippen molar-refractivity contribution >= 4 is 10.2 Å². The van der Waals surface area contributed by atoms with E-state index in [0.717, 1.165) is 37.2 Å². The monoisotopic (exact) mass is 317 g/mol. The average molecular weight is 317 g/mol. The molecule has 0 aromatic carbocycles. The molecule has 0 aliphatic heterocycles. The molecule has 21 heavy (non-hydrogen) atoms. The molecule has 1 rings (SSSR count). The summed E-state index contributed by atoms with van der Waals surface area (Å²) in [5.74, 6) is 0. The molecular formula is C13H27N5O2S. The minimum absolute atomic E-state index is 0.264. The van der Waals surface area contributed by atoms with E-state index in [2.05, 4.69) is 22.1 Å². The van der Waals surface area contributed by atoms with Crippen LogP contribution >= 0.6 is 0 Å². The van der Waals surface area contributed by atoms with Gasteiger partial charge in [-0.3, -0.25) is 4.68 Å². The normalized spacial score (nSPS) is 12.2. The Morgan fingerprint density at radius 3 is 2.67 bits per heavy atom. The molecule has 1 heterocycles. The molecule has 1 aromatic heterocycles. The van der Waals surface area contributed by atoms with Gasteiger partial charge in [-0.25, -0.2) is 0 Å². The zero-order valence-corrected chi connectivity index (χ0v) is 14.2. The highest BCUT2D eigenvalue weighted by atomic mass is 32.2. The van der Waals surface area contributed by atoms with Crippen LogP contribution in [0.3, 0.4) is 0 Å². The van der Waals surface area contributed by atoms with Crippen molar-refractivity contribution < 1.29 is 8.42 Å². The Bertz CT molecular complexity index is 527. The van der Waals surface area contributed by atoms with E-state index in [-0.39, 0.29) is 6.54 Å². The molecular weight excluding hydrogens is 290 g/mol. The van der Waals surface area contributed by atoms with Crippen LogP contribution in [-0.2, 0) is 23.8 Å². The first-order chi connectivity index (χ1) is 9.86. The van der Waals surface area contributed by atoms with Crippen molar-refractivity contribution in [3.8, 4) is 0 Å². The van der Waals surface area contributed by atoms with Crippen LogP contribution in [0.1, 0.15) is 31.0 Å². The summed E-state index contributed by atoms with van der Waals surface area (Å²) in [7, 11) is -0.0248. The maximum atomic E-state index is 12.1. The Hall–Kier alpha value is -0.960. The molecule has 0 unspecified atom stereocenters. The van der Waals surface area contributed by atoms with Gasteiger partial charge in [-0.1, -0.05) is 6.92 Å². The fourth-order valence-corrected chi connectivity index (χ4v) is 2.88. The number of nitrogens with one attached hydrogen (secondary N) is 2. The molecule has 7 nitrogen and oxygen atoms in total. The molecule has 0 amide bonds. The second kappa shape index (κ2) is 8.47. The Morgan fingerprint density at radius 2 is 2.10 bits per heavy atom. The van der Waals surface area contributed by atoms with E-state index in [1.807, 2.05) is 20.2 Å². The fourth-order valence-electron chi connectivity index (χ4n) is 1.95. The van der Waals surface area contributed by atoms with Crippen LogP contribution in [0.5, 0.6) is 0 Å². The SMILES string of the molecule is CCCNCCCN(C)S(=O)(=O)NCc1cn(C)nc1C. The fraction of sp³-hybridized carbons (Fsp3) is 0.769. The van der Waals surface area contributed by atoms with Crippen LogP contribution in [0.4, 0.5) is 0 Å². The van der Waals surface area contributed by atoms with Gasteiger partial charge in [0.1, 0.15) is 0 Å². The van der Waals surface area contributed by atoms with E-state index >= 15 is 0 Å². The summed E-state index contributed by atoms with van der Waals surface area (Å²) in [6.07, 6.45) is 3.70. The lowest BCUT2D eigenvalue weighted by Crippen LogP contribution is -2.39. The highest BCUT2D eigenvalue weighted by molar-refractivity contribution is 7.87. The van der Waals surface area contributed by atoms with Gasteiger partial charge in [0.2, 0.25) is 0 Å². The summed E-state index contributed by atoms with van der Waals surface area (Å²) < 4.78 is 29.9. The number of rotatable bonds is 10. The first-order valence-electron chi connectivity index (χ1n) is 7.27. The number of hydrogen-bond donors (Lipinski definition) is 2. The minimum Gasteiger partial charge on any atom is -0.317 e. The van der Waals surface area contributed by atoms with Crippen LogP contribution in [0.2, 0.25) is 0 Å². The van der Waals surface area contributed by atoms with Gasteiger partial charge in [0.05, 0.1) is 5.69 Å². The van der Waals surface area contributed by atoms with E-state index in [1.165, 1.54) is 4.31 Å². The van der Waals surface area contributed by atoms with E-state index in [0.29, 0.717) is 6.54 Å². The van der Waals surface area contributed by atoms with Crippen molar-refractivity contribution in [2.75, 3.05) is 26.7 Å². The Morgan fingerprint density at radius 1 is 1.38 bits per heavy atom. The quantitative estimate of drug-likeness (QED) is 0.612. The molecule has 8 heteroatoms. The van der Waals surface area contributed by atoms with Crippen molar-refractivity contribution in [2.24, 2.45) is 7.05 Å². The molecule has 0 spiro atoms. The Labute approximate surface area is 127 Å². The molecule has 1 aromatic rings. The van der Waals surface area contributed by atoms with Gasteiger partial charge in [-0.15, -0.1) is 0 Å². The summed E-state index contributed by atoms with van der Waals surface area (Å²) in [5.41, 5.74) is 1.73. The summed E-state index contributed by atoms with van der Waals surface area (Å²) in [6, 6.07) is 0. The third-order valence-corrected chi connectivity index (χ3v) is 4.74. The zero-order chi connectivity index (χ0) is 15.9. The summed E-state index contributed by atoms with van der Waals surface area (Å²) in [6.45, 7) is 6.53. The topological polar surface area (TPSA) is 79.3 Å². The largest absolute Gasteiger partial charge is 0.317 e. The molecule has 122 valence electrons. The third-order valence-electron chi connectivity index (χ3n) is 3.22. The highest BCUT2D eigenvalue weighted by Crippen LogP contribution is 2.05. The molecule has 0 aliphatic rings. The van der Waals surface area contributed by atoms with E-state index in [1.54, 1.807) is 11.7 Å². The van der Waals surface area contributed by atoms with Gasteiger partial charge >= 0.3 is 0 Å². The van der Waals surface area contributed by atoms with E-state index < -0.39 is 10.2 Å². The lowest BCUT2D eigenvalue weighted by atomic mass is 10.3. The first kappa shape index (κ1) is 18.1. The lowest BCUT2D eigenvalue weighted by Gasteiger charge is -2.17. The lowest BCUT2D eigenvalue weighted by molar-refractivity contribution is 0.444. The predicted octanol–water partition coefficient (Wildman–Crippen LogP) is 0.384. The maximum absolute atomic E-state index is 12.1. The smallest absolute Gasteiger partial charge is 0.279 e. The standard InChI is InChI=1S/C13H27N5O2S/c1-5-7-14-8-6-9-18(4)21(19,20)15-10-13-11-17(3)16-12(13)2/h11,14-15H,5-10H2,1-4H3. The van der Waals surface area contributed by atoms with Gasteiger partial charge in [0.25, 0.3) is 10.2 Å². The third kappa shape index (κ3) is 6.13. The van der Waals surface area contributed by atoms with E-state index in [9.17, 15) is 8.42 Å². The van der Waals surface area contributed by atoms with E-state index in [4.69, 9.17) is 0 Å². The second-order valence-electron chi connectivity index (χ2n) is 5.16. The van der Waals surface area contributed by atoms with Gasteiger partial charge in [0.15, 0.2) is 0 Å².